The van der Waals surface area contributed by atoms with Gasteiger partial charge in [0.25, 0.3) is 11.1 Å². The molecule has 0 saturated carbocycles. The van der Waals surface area contributed by atoms with Gasteiger partial charge in [-0.25, -0.2) is 0 Å². The fourth-order valence-electron chi connectivity index (χ4n) is 2.42. The van der Waals surface area contributed by atoms with E-state index < -0.39 is 23.7 Å². The lowest BCUT2D eigenvalue weighted by atomic mass is 10.2. The van der Waals surface area contributed by atoms with Crippen molar-refractivity contribution >= 4 is 50.9 Å². The van der Waals surface area contributed by atoms with Gasteiger partial charge in [-0.15, -0.1) is 0 Å². The molecule has 3 rings (SSSR count). The summed E-state index contributed by atoms with van der Waals surface area (Å²) < 4.78 is 11.7. The smallest absolute Gasteiger partial charge is 0.326 e. The molecule has 0 bridgehead atoms. The Labute approximate surface area is 168 Å². The highest BCUT2D eigenvalue weighted by molar-refractivity contribution is 9.10. The molecule has 0 spiro atoms. The number of benzene rings is 1. The first-order valence-electron chi connectivity index (χ1n) is 8.14. The molecule has 1 fully saturated rings. The van der Waals surface area contributed by atoms with E-state index in [9.17, 15) is 14.4 Å². The molecule has 8 heteroatoms. The summed E-state index contributed by atoms with van der Waals surface area (Å²) in [5.41, 5.74) is 0.883. The molecule has 27 heavy (non-hydrogen) atoms. The molecular weight excluding hydrogens is 434 g/mol. The SMILES string of the molecule is CC(C)OC(=O)CN1C(=O)SC(=Cc2ccc(-c3cccc(Br)c3)o2)C1=O. The first kappa shape index (κ1) is 19.4. The molecule has 1 aliphatic rings. The van der Waals surface area contributed by atoms with E-state index in [0.717, 1.165) is 26.7 Å². The van der Waals surface area contributed by atoms with Crippen LogP contribution in [0.3, 0.4) is 0 Å². The highest BCUT2D eigenvalue weighted by Gasteiger charge is 2.37. The van der Waals surface area contributed by atoms with E-state index in [4.69, 9.17) is 9.15 Å². The molecule has 1 aromatic heterocycles. The lowest BCUT2D eigenvalue weighted by Gasteiger charge is -2.13. The van der Waals surface area contributed by atoms with E-state index in [1.165, 1.54) is 6.08 Å². The zero-order valence-corrected chi connectivity index (χ0v) is 17.0. The lowest BCUT2D eigenvalue weighted by Crippen LogP contribution is -2.35. The fraction of sp³-hybridized carbons (Fsp3) is 0.211. The number of amides is 2. The Bertz CT molecular complexity index is 934. The number of nitrogens with zero attached hydrogens (tertiary/aromatic N) is 1. The van der Waals surface area contributed by atoms with Crippen LogP contribution >= 0.6 is 27.7 Å². The number of carbonyl (C=O) groups is 3. The molecule has 1 saturated heterocycles. The number of imide groups is 1. The first-order valence-corrected chi connectivity index (χ1v) is 9.75. The number of rotatable bonds is 5. The van der Waals surface area contributed by atoms with Gasteiger partial charge in [0.1, 0.15) is 18.1 Å². The van der Waals surface area contributed by atoms with Gasteiger partial charge in [0.2, 0.25) is 0 Å². The Morgan fingerprint density at radius 2 is 2.07 bits per heavy atom. The Morgan fingerprint density at radius 3 is 2.78 bits per heavy atom. The molecule has 1 aromatic carbocycles. The van der Waals surface area contributed by atoms with E-state index in [1.54, 1.807) is 26.0 Å². The molecule has 140 valence electrons. The minimum atomic E-state index is -0.622. The lowest BCUT2D eigenvalue weighted by molar-refractivity contribution is -0.149. The number of esters is 1. The van der Waals surface area contributed by atoms with Gasteiger partial charge in [0, 0.05) is 16.1 Å². The minimum absolute atomic E-state index is 0.201. The van der Waals surface area contributed by atoms with E-state index in [2.05, 4.69) is 15.9 Å². The predicted molar refractivity (Wildman–Crippen MR) is 106 cm³/mol. The third-order valence-corrected chi connectivity index (χ3v) is 4.94. The van der Waals surface area contributed by atoms with Crippen molar-refractivity contribution in [3.63, 3.8) is 0 Å². The van der Waals surface area contributed by atoms with E-state index in [-0.39, 0.29) is 11.0 Å². The summed E-state index contributed by atoms with van der Waals surface area (Å²) in [6.45, 7) is 3.00. The van der Waals surface area contributed by atoms with E-state index in [1.807, 2.05) is 24.3 Å². The summed E-state index contributed by atoms with van der Waals surface area (Å²) in [5, 5.41) is -0.509. The molecular formula is C19H16BrNO5S. The second-order valence-corrected chi connectivity index (χ2v) is 7.93. The van der Waals surface area contributed by atoms with Crippen molar-refractivity contribution in [3.8, 4) is 11.3 Å². The number of halogens is 1. The number of hydrogen-bond acceptors (Lipinski definition) is 6. The van der Waals surface area contributed by atoms with Gasteiger partial charge in [0.05, 0.1) is 11.0 Å². The minimum Gasteiger partial charge on any atom is -0.462 e. The quantitative estimate of drug-likeness (QED) is 0.486. The molecule has 0 atom stereocenters. The monoisotopic (exact) mass is 449 g/mol. The van der Waals surface area contributed by atoms with Crippen molar-refractivity contribution in [2.24, 2.45) is 0 Å². The van der Waals surface area contributed by atoms with Crippen molar-refractivity contribution in [1.29, 1.82) is 0 Å². The molecule has 1 aliphatic heterocycles. The number of thioether (sulfide) groups is 1. The summed E-state index contributed by atoms with van der Waals surface area (Å²) >= 11 is 4.18. The van der Waals surface area contributed by atoms with Crippen molar-refractivity contribution in [2.45, 2.75) is 20.0 Å². The molecule has 0 unspecified atom stereocenters. The van der Waals surface area contributed by atoms with Crippen LogP contribution in [0.5, 0.6) is 0 Å². The van der Waals surface area contributed by atoms with Crippen LogP contribution in [0, 0.1) is 0 Å². The van der Waals surface area contributed by atoms with Crippen LogP contribution in [-0.2, 0) is 14.3 Å². The third kappa shape index (κ3) is 4.70. The van der Waals surface area contributed by atoms with Gasteiger partial charge in [-0.3, -0.25) is 19.3 Å². The fourth-order valence-corrected chi connectivity index (χ4v) is 3.64. The maximum atomic E-state index is 12.4. The zero-order chi connectivity index (χ0) is 19.6. The second kappa shape index (κ2) is 8.14. The Hall–Kier alpha value is -2.32. The van der Waals surface area contributed by atoms with E-state index in [0.29, 0.717) is 11.5 Å². The van der Waals surface area contributed by atoms with Crippen LogP contribution in [0.1, 0.15) is 19.6 Å². The second-order valence-electron chi connectivity index (χ2n) is 6.02. The number of furan rings is 1. The van der Waals surface area contributed by atoms with Crippen molar-refractivity contribution in [2.75, 3.05) is 6.54 Å². The highest BCUT2D eigenvalue weighted by atomic mass is 79.9. The van der Waals surface area contributed by atoms with Crippen molar-refractivity contribution in [1.82, 2.24) is 4.90 Å². The maximum Gasteiger partial charge on any atom is 0.326 e. The van der Waals surface area contributed by atoms with Crippen LogP contribution < -0.4 is 0 Å². The zero-order valence-electron chi connectivity index (χ0n) is 14.6. The van der Waals surface area contributed by atoms with Crippen LogP contribution in [0.25, 0.3) is 17.4 Å². The number of ether oxygens (including phenoxy) is 1. The molecule has 0 radical (unpaired) electrons. The summed E-state index contributed by atoms with van der Waals surface area (Å²) in [6, 6.07) is 11.1. The Balaban J connectivity index is 1.75. The molecule has 2 amide bonds. The molecule has 2 heterocycles. The largest absolute Gasteiger partial charge is 0.462 e. The topological polar surface area (TPSA) is 76.8 Å². The highest BCUT2D eigenvalue weighted by Crippen LogP contribution is 2.33. The van der Waals surface area contributed by atoms with E-state index >= 15 is 0 Å². The Morgan fingerprint density at radius 1 is 1.30 bits per heavy atom. The van der Waals surface area contributed by atoms with Crippen LogP contribution in [0.15, 0.2) is 50.2 Å². The molecule has 0 aliphatic carbocycles. The summed E-state index contributed by atoms with van der Waals surface area (Å²) in [4.78, 5) is 37.3. The molecule has 0 N–H and O–H groups in total. The summed E-state index contributed by atoms with van der Waals surface area (Å²) in [7, 11) is 0. The first-order chi connectivity index (χ1) is 12.8. The van der Waals surface area contributed by atoms with Crippen molar-refractivity contribution < 1.29 is 23.5 Å². The van der Waals surface area contributed by atoms with Gasteiger partial charge < -0.3 is 9.15 Å². The van der Waals surface area contributed by atoms with Gasteiger partial charge in [-0.2, -0.15) is 0 Å². The van der Waals surface area contributed by atoms with Gasteiger partial charge >= 0.3 is 5.97 Å². The summed E-state index contributed by atoms with van der Waals surface area (Å²) in [5.74, 6) is -0.0721. The third-order valence-electron chi connectivity index (χ3n) is 3.54. The van der Waals surface area contributed by atoms with Crippen LogP contribution in [-0.4, -0.2) is 34.7 Å². The number of hydrogen-bond donors (Lipinski definition) is 0. The molecule has 6 nitrogen and oxygen atoms in total. The molecule has 2 aromatic rings. The van der Waals surface area contributed by atoms with Crippen LogP contribution in [0.2, 0.25) is 0 Å². The van der Waals surface area contributed by atoms with Gasteiger partial charge in [-0.05, 0) is 49.9 Å². The van der Waals surface area contributed by atoms with Gasteiger partial charge in [0.15, 0.2) is 0 Å². The summed E-state index contributed by atoms with van der Waals surface area (Å²) in [6.07, 6.45) is 1.19. The maximum absolute atomic E-state index is 12.4. The van der Waals surface area contributed by atoms with Crippen LogP contribution in [0.4, 0.5) is 4.79 Å². The predicted octanol–water partition coefficient (Wildman–Crippen LogP) is 4.70. The normalized spacial score (nSPS) is 15.9. The number of carbonyl (C=O) groups excluding carboxylic acids is 3. The van der Waals surface area contributed by atoms with Crippen molar-refractivity contribution in [3.05, 3.63) is 51.5 Å². The average molecular weight is 450 g/mol. The standard InChI is InChI=1S/C19H16BrNO5S/c1-11(2)25-17(22)10-21-18(23)16(27-19(21)24)9-14-6-7-15(26-14)12-4-3-5-13(20)8-12/h3-9,11H,10H2,1-2H3. The average Bonchev–Trinajstić information content (AvgIpc) is 3.15. The Kier molecular flexibility index (Phi) is 5.86. The van der Waals surface area contributed by atoms with Gasteiger partial charge in [-0.1, -0.05) is 28.1 Å².